The average Bonchev–Trinajstić information content (AvgIpc) is 2.27. The molecular weight excluding hydrogens is 259 g/mol. The molecule has 0 amide bonds. The van der Waals surface area contributed by atoms with Gasteiger partial charge in [0.15, 0.2) is 0 Å². The van der Waals surface area contributed by atoms with Gasteiger partial charge in [0.2, 0.25) is 0 Å². The molecule has 0 saturated heterocycles. The first-order valence-corrected chi connectivity index (χ1v) is 5.74. The lowest BCUT2D eigenvalue weighted by atomic mass is 10.0. The van der Waals surface area contributed by atoms with Crippen LogP contribution in [0.5, 0.6) is 0 Å². The maximum atomic E-state index is 12.6. The predicted octanol–water partition coefficient (Wildman–Crippen LogP) is 3.54. The summed E-state index contributed by atoms with van der Waals surface area (Å²) in [7, 11) is 0. The Hall–Kier alpha value is -1.85. The van der Waals surface area contributed by atoms with Crippen LogP contribution in [0.15, 0.2) is 18.2 Å². The summed E-state index contributed by atoms with van der Waals surface area (Å²) in [5, 5.41) is 8.67. The first-order valence-electron chi connectivity index (χ1n) is 5.74. The lowest BCUT2D eigenvalue weighted by Gasteiger charge is -2.12. The zero-order chi connectivity index (χ0) is 14.6. The maximum Gasteiger partial charge on any atom is 0.433 e. The molecule has 1 rings (SSSR count). The molecule has 0 aliphatic carbocycles. The van der Waals surface area contributed by atoms with Gasteiger partial charge in [-0.05, 0) is 30.5 Å². The number of carboxylic acids is 1. The number of hydrogen-bond acceptors (Lipinski definition) is 2. The quantitative estimate of drug-likeness (QED) is 0.853. The monoisotopic (exact) mass is 273 g/mol. The van der Waals surface area contributed by atoms with Gasteiger partial charge in [0.25, 0.3) is 0 Å². The Kier molecular flexibility index (Phi) is 4.69. The van der Waals surface area contributed by atoms with E-state index in [0.717, 1.165) is 12.1 Å². The number of alkyl halides is 3. The van der Waals surface area contributed by atoms with Crippen molar-refractivity contribution in [3.63, 3.8) is 0 Å². The Morgan fingerprint density at radius 1 is 1.42 bits per heavy atom. The molecule has 0 radical (unpaired) electrons. The third-order valence-corrected chi connectivity index (χ3v) is 2.52. The maximum absolute atomic E-state index is 12.6. The molecule has 19 heavy (non-hydrogen) atoms. The Morgan fingerprint density at radius 2 is 2.05 bits per heavy atom. The van der Waals surface area contributed by atoms with Gasteiger partial charge >= 0.3 is 12.1 Å². The zero-order valence-electron chi connectivity index (χ0n) is 10.6. The van der Waals surface area contributed by atoms with Crippen molar-refractivity contribution in [2.24, 2.45) is 0 Å². The van der Waals surface area contributed by atoms with Crippen molar-refractivity contribution in [2.75, 3.05) is 0 Å². The second kappa shape index (κ2) is 5.86. The number of carbonyl (C=O) groups is 1. The zero-order valence-corrected chi connectivity index (χ0v) is 10.6. The van der Waals surface area contributed by atoms with E-state index >= 15 is 0 Å². The molecule has 0 unspecified atom stereocenters. The van der Waals surface area contributed by atoms with Crippen LogP contribution in [0, 0.1) is 0 Å². The van der Waals surface area contributed by atoms with Gasteiger partial charge < -0.3 is 5.11 Å². The fourth-order valence-electron chi connectivity index (χ4n) is 1.71. The Bertz CT molecular complexity index is 507. The van der Waals surface area contributed by atoms with Crippen molar-refractivity contribution in [2.45, 2.75) is 32.9 Å². The van der Waals surface area contributed by atoms with E-state index in [4.69, 9.17) is 5.11 Å². The van der Waals surface area contributed by atoms with Crippen LogP contribution in [0.2, 0.25) is 0 Å². The molecule has 0 aromatic carbocycles. The molecular formula is C13H14F3NO2. The topological polar surface area (TPSA) is 50.2 Å². The van der Waals surface area contributed by atoms with Crippen LogP contribution in [0.4, 0.5) is 13.2 Å². The minimum Gasteiger partial charge on any atom is -0.478 e. The number of aryl methyl sites for hydroxylation is 1. The van der Waals surface area contributed by atoms with E-state index in [0.29, 0.717) is 24.0 Å². The number of pyridine rings is 1. The van der Waals surface area contributed by atoms with Crippen LogP contribution in [-0.2, 0) is 17.4 Å². The van der Waals surface area contributed by atoms with Crippen molar-refractivity contribution in [3.8, 4) is 0 Å². The second-order valence-electron chi connectivity index (χ2n) is 4.10. The molecule has 0 aliphatic rings. The number of rotatable bonds is 4. The molecule has 0 fully saturated rings. The molecule has 1 aromatic heterocycles. The van der Waals surface area contributed by atoms with E-state index in [1.165, 1.54) is 13.0 Å². The van der Waals surface area contributed by atoms with Gasteiger partial charge in [-0.15, -0.1) is 0 Å². The molecule has 1 aromatic rings. The highest BCUT2D eigenvalue weighted by atomic mass is 19.4. The molecule has 0 atom stereocenters. The minimum absolute atomic E-state index is 0.271. The number of allylic oxidation sites excluding steroid dienone is 1. The SMILES string of the molecule is CCCc1nc(C(F)(F)F)ccc1/C(C)=C/C(=O)O. The minimum atomic E-state index is -4.49. The van der Waals surface area contributed by atoms with E-state index < -0.39 is 17.8 Å². The lowest BCUT2D eigenvalue weighted by Crippen LogP contribution is -2.11. The van der Waals surface area contributed by atoms with Crippen LogP contribution in [0.1, 0.15) is 37.2 Å². The van der Waals surface area contributed by atoms with Crippen molar-refractivity contribution in [1.82, 2.24) is 4.98 Å². The van der Waals surface area contributed by atoms with Crippen molar-refractivity contribution in [3.05, 3.63) is 35.2 Å². The van der Waals surface area contributed by atoms with Crippen LogP contribution in [0.3, 0.4) is 0 Å². The van der Waals surface area contributed by atoms with Crippen molar-refractivity contribution in [1.29, 1.82) is 0 Å². The first-order chi connectivity index (χ1) is 8.75. The van der Waals surface area contributed by atoms with Gasteiger partial charge in [0.1, 0.15) is 5.69 Å². The Balaban J connectivity index is 3.30. The predicted molar refractivity (Wildman–Crippen MR) is 64.5 cm³/mol. The van der Waals surface area contributed by atoms with Crippen molar-refractivity contribution < 1.29 is 23.1 Å². The van der Waals surface area contributed by atoms with Gasteiger partial charge in [-0.3, -0.25) is 0 Å². The number of halogens is 3. The largest absolute Gasteiger partial charge is 0.478 e. The summed E-state index contributed by atoms with van der Waals surface area (Å²) in [5.41, 5.74) is 0.143. The number of aliphatic carboxylic acids is 1. The summed E-state index contributed by atoms with van der Waals surface area (Å²) in [6.07, 6.45) is -2.54. The molecule has 6 heteroatoms. The van der Waals surface area contributed by atoms with Crippen LogP contribution < -0.4 is 0 Å². The highest BCUT2D eigenvalue weighted by Crippen LogP contribution is 2.30. The van der Waals surface area contributed by atoms with Gasteiger partial charge in [-0.2, -0.15) is 13.2 Å². The molecule has 104 valence electrons. The fraction of sp³-hybridized carbons (Fsp3) is 0.385. The molecule has 3 nitrogen and oxygen atoms in total. The highest BCUT2D eigenvalue weighted by Gasteiger charge is 2.32. The Labute approximate surface area is 108 Å². The van der Waals surface area contributed by atoms with Crippen LogP contribution >= 0.6 is 0 Å². The lowest BCUT2D eigenvalue weighted by molar-refractivity contribution is -0.141. The molecule has 1 N–H and O–H groups in total. The molecule has 0 spiro atoms. The Morgan fingerprint density at radius 3 is 2.53 bits per heavy atom. The summed E-state index contributed by atoms with van der Waals surface area (Å²) < 4.78 is 37.7. The molecule has 1 heterocycles. The third kappa shape index (κ3) is 4.08. The van der Waals surface area contributed by atoms with Gasteiger partial charge in [-0.25, -0.2) is 9.78 Å². The van der Waals surface area contributed by atoms with Gasteiger partial charge in [0.05, 0.1) is 0 Å². The van der Waals surface area contributed by atoms with E-state index in [9.17, 15) is 18.0 Å². The van der Waals surface area contributed by atoms with Crippen LogP contribution in [-0.4, -0.2) is 16.1 Å². The first kappa shape index (κ1) is 15.2. The summed E-state index contributed by atoms with van der Waals surface area (Å²) in [6.45, 7) is 3.36. The van der Waals surface area contributed by atoms with Crippen LogP contribution in [0.25, 0.3) is 5.57 Å². The standard InChI is InChI=1S/C13H14F3NO2/c1-3-4-10-9(8(2)7-12(18)19)5-6-11(17-10)13(14,15)16/h5-7H,3-4H2,1-2H3,(H,18,19)/b8-7+. The molecule has 0 bridgehead atoms. The summed E-state index contributed by atoms with van der Waals surface area (Å²) in [6, 6.07) is 2.14. The van der Waals surface area contributed by atoms with E-state index in [1.54, 1.807) is 0 Å². The normalized spacial score (nSPS) is 12.6. The molecule has 0 saturated carbocycles. The third-order valence-electron chi connectivity index (χ3n) is 2.52. The van der Waals surface area contributed by atoms with E-state index in [1.807, 2.05) is 6.92 Å². The number of aromatic nitrogens is 1. The number of hydrogen-bond donors (Lipinski definition) is 1. The van der Waals surface area contributed by atoms with Gasteiger partial charge in [0, 0.05) is 11.8 Å². The summed E-state index contributed by atoms with van der Waals surface area (Å²) in [4.78, 5) is 14.2. The van der Waals surface area contributed by atoms with Gasteiger partial charge in [-0.1, -0.05) is 19.4 Å². The van der Waals surface area contributed by atoms with E-state index in [2.05, 4.69) is 4.98 Å². The summed E-state index contributed by atoms with van der Waals surface area (Å²) >= 11 is 0. The second-order valence-corrected chi connectivity index (χ2v) is 4.10. The van der Waals surface area contributed by atoms with E-state index in [-0.39, 0.29) is 5.69 Å². The highest BCUT2D eigenvalue weighted by molar-refractivity contribution is 5.89. The number of carboxylic acid groups (broad SMARTS) is 1. The van der Waals surface area contributed by atoms with Crippen molar-refractivity contribution >= 4 is 11.5 Å². The molecule has 0 aliphatic heterocycles. The summed E-state index contributed by atoms with van der Waals surface area (Å²) in [5.74, 6) is -1.14. The number of nitrogens with zero attached hydrogens (tertiary/aromatic N) is 1. The smallest absolute Gasteiger partial charge is 0.433 e. The average molecular weight is 273 g/mol. The fourth-order valence-corrected chi connectivity index (χ4v) is 1.71.